The van der Waals surface area contributed by atoms with Gasteiger partial charge in [0.1, 0.15) is 0 Å². The normalized spacial score (nSPS) is 16.3. The largest absolute Gasteiger partial charge is 0.462 e. The van der Waals surface area contributed by atoms with Crippen LogP contribution in [0.3, 0.4) is 0 Å². The first-order valence-corrected chi connectivity index (χ1v) is 27.0. The zero-order chi connectivity index (χ0) is 47.6. The highest BCUT2D eigenvalue weighted by Gasteiger charge is 2.33. The van der Waals surface area contributed by atoms with Crippen LogP contribution in [-0.4, -0.2) is 106 Å². The molecule has 362 valence electrons. The number of benzene rings is 3. The Hall–Kier alpha value is -2.93. The van der Waals surface area contributed by atoms with Crippen molar-refractivity contribution in [3.63, 3.8) is 0 Å². The van der Waals surface area contributed by atoms with Gasteiger partial charge in [-0.05, 0) is 101 Å². The van der Waals surface area contributed by atoms with Crippen molar-refractivity contribution in [3.8, 4) is 0 Å². The van der Waals surface area contributed by atoms with Crippen LogP contribution < -0.4 is 9.99 Å². The van der Waals surface area contributed by atoms with E-state index < -0.39 is 19.6 Å². The van der Waals surface area contributed by atoms with Crippen LogP contribution in [0.1, 0.15) is 130 Å². The number of esters is 2. The van der Waals surface area contributed by atoms with Gasteiger partial charge in [0.15, 0.2) is 5.78 Å². The molecule has 1 N–H and O–H groups in total. The molecule has 3 aromatic rings. The number of carbonyl (C=O) groups is 3. The molecule has 1 saturated heterocycles. The molecule has 0 bridgehead atoms. The summed E-state index contributed by atoms with van der Waals surface area (Å²) in [7, 11) is 1.36. The number of ketones is 1. The van der Waals surface area contributed by atoms with E-state index in [2.05, 4.69) is 87.0 Å². The van der Waals surface area contributed by atoms with Gasteiger partial charge in [0, 0.05) is 53.3 Å². The second-order valence-corrected chi connectivity index (χ2v) is 20.7. The zero-order valence-electron chi connectivity index (χ0n) is 40.0. The number of carbonyl (C=O) groups excluding carboxylic acids is 3. The van der Waals surface area contributed by atoms with Crippen LogP contribution in [0.25, 0.3) is 0 Å². The second kappa shape index (κ2) is 31.2. The highest BCUT2D eigenvalue weighted by molar-refractivity contribution is 7.99. The summed E-state index contributed by atoms with van der Waals surface area (Å²) in [5.41, 5.74) is 3.75. The highest BCUT2D eigenvalue weighted by atomic mass is 35.5. The molecule has 0 saturated carbocycles. The summed E-state index contributed by atoms with van der Waals surface area (Å²) in [5.74, 6) is 0.808. The highest BCUT2D eigenvalue weighted by Crippen LogP contribution is 2.49. The molecule has 11 nitrogen and oxygen atoms in total. The minimum Gasteiger partial charge on any atom is -0.462 e. The number of anilines is 2. The Bertz CT molecular complexity index is 1870. The Morgan fingerprint density at radius 1 is 0.785 bits per heavy atom. The van der Waals surface area contributed by atoms with E-state index in [1.807, 2.05) is 12.1 Å². The van der Waals surface area contributed by atoms with Gasteiger partial charge in [0.05, 0.1) is 42.3 Å². The first-order chi connectivity index (χ1) is 31.4. The number of hydrogen-bond donors (Lipinski definition) is 1. The van der Waals surface area contributed by atoms with E-state index in [0.29, 0.717) is 67.6 Å². The maximum atomic E-state index is 12.6. The summed E-state index contributed by atoms with van der Waals surface area (Å²) < 4.78 is 30.2. The van der Waals surface area contributed by atoms with Crippen molar-refractivity contribution in [2.75, 3.05) is 83.3 Å². The molecule has 65 heavy (non-hydrogen) atoms. The number of ether oxygens (including phenoxy) is 2. The second-order valence-electron chi connectivity index (χ2n) is 16.6. The maximum Gasteiger partial charge on any atom is 0.343 e. The molecule has 2 aliphatic heterocycles. The van der Waals surface area contributed by atoms with E-state index in [4.69, 9.17) is 37.2 Å². The molecule has 0 aliphatic carbocycles. The predicted molar refractivity (Wildman–Crippen MR) is 270 cm³/mol. The smallest absolute Gasteiger partial charge is 0.343 e. The zero-order valence-corrected chi connectivity index (χ0v) is 43.2. The number of rotatable bonds is 24. The first kappa shape index (κ1) is 56.4. The first-order valence-electron chi connectivity index (χ1n) is 23.5. The number of hydrogen-bond acceptors (Lipinski definition) is 10. The van der Waals surface area contributed by atoms with Gasteiger partial charge in [-0.3, -0.25) is 9.36 Å². The van der Waals surface area contributed by atoms with Gasteiger partial charge >= 0.3 is 19.6 Å². The van der Waals surface area contributed by atoms with Crippen LogP contribution >= 0.6 is 42.6 Å². The number of unbranched alkanes of at least 4 members (excludes halogenated alkanes) is 2. The summed E-state index contributed by atoms with van der Waals surface area (Å²) in [4.78, 5) is 44.0. The fraction of sp³-hybridized carbons (Fsp3) is 0.580. The lowest BCUT2D eigenvalue weighted by Gasteiger charge is -2.33. The Morgan fingerprint density at radius 2 is 1.34 bits per heavy atom. The summed E-state index contributed by atoms with van der Waals surface area (Å²) in [6, 6.07) is 21.3. The van der Waals surface area contributed by atoms with E-state index >= 15 is 0 Å². The minimum atomic E-state index is -2.84. The van der Waals surface area contributed by atoms with Crippen molar-refractivity contribution in [2.45, 2.75) is 109 Å². The molecule has 0 spiro atoms. The van der Waals surface area contributed by atoms with E-state index in [1.54, 1.807) is 47.6 Å². The average molecular weight is 978 g/mol. The fourth-order valence-corrected chi connectivity index (χ4v) is 11.0. The fourth-order valence-electron chi connectivity index (χ4n) is 7.29. The molecular weight excluding hydrogens is 903 g/mol. The summed E-state index contributed by atoms with van der Waals surface area (Å²) in [6.45, 7) is 15.3. The summed E-state index contributed by atoms with van der Waals surface area (Å²) in [5, 5.41) is 2.91. The number of nitrogens with zero attached hydrogens (tertiary/aromatic N) is 3. The van der Waals surface area contributed by atoms with Crippen LogP contribution in [0.4, 0.5) is 11.4 Å². The van der Waals surface area contributed by atoms with Crippen LogP contribution in [0, 0.1) is 11.8 Å². The Morgan fingerprint density at radius 3 is 1.83 bits per heavy atom. The van der Waals surface area contributed by atoms with Gasteiger partial charge in [0.2, 0.25) is 0 Å². The molecule has 3 unspecified atom stereocenters. The van der Waals surface area contributed by atoms with Gasteiger partial charge in [-0.15, -0.1) is 23.2 Å². The Labute approximate surface area is 404 Å². The van der Waals surface area contributed by atoms with Crippen molar-refractivity contribution in [1.82, 2.24) is 14.7 Å². The van der Waals surface area contributed by atoms with Gasteiger partial charge < -0.3 is 23.8 Å². The summed E-state index contributed by atoms with van der Waals surface area (Å²) in [6.07, 6.45) is 10.6. The maximum absolute atomic E-state index is 12.6. The quantitative estimate of drug-likeness (QED) is 0.0398. The van der Waals surface area contributed by atoms with E-state index in [-0.39, 0.29) is 5.78 Å². The molecule has 5 rings (SSSR count). The topological polar surface area (TPSA) is 118 Å². The number of fused-ring (bicyclic) bond motifs is 2. The van der Waals surface area contributed by atoms with Gasteiger partial charge in [-0.2, -0.15) is 0 Å². The number of alkyl halides is 2. The number of Topliss-reactive ketones (excluding diaryl/α,β-unsaturated/α-hetero) is 1. The van der Waals surface area contributed by atoms with E-state index in [9.17, 15) is 18.9 Å². The van der Waals surface area contributed by atoms with Crippen LogP contribution in [0.15, 0.2) is 76.5 Å². The lowest BCUT2D eigenvalue weighted by atomic mass is 10.0. The van der Waals surface area contributed by atoms with E-state index in [0.717, 1.165) is 95.1 Å². The van der Waals surface area contributed by atoms with Crippen LogP contribution in [0.2, 0.25) is 0 Å². The van der Waals surface area contributed by atoms with E-state index in [1.165, 1.54) is 15.5 Å². The third-order valence-corrected chi connectivity index (χ3v) is 15.1. The molecule has 2 heterocycles. The van der Waals surface area contributed by atoms with Crippen molar-refractivity contribution >= 4 is 71.7 Å². The monoisotopic (exact) mass is 976 g/mol. The third-order valence-electron chi connectivity index (χ3n) is 11.3. The molecular formula is C50H75Cl2N4O7PS. The molecule has 3 aromatic carbocycles. The SMILES string of the molecule is CC(=O)c1ccc2c(c1)N(CCCN(C)C)c1ccccc1S2.CCCCC(CC)COC(=O)c1ccccc1C(=O)OCC(CC)CCCC.O=P1(N(CCCl)CCCl)NCCCO1. The number of halogens is 2. The number of nitrogens with one attached hydrogen (secondary N) is 1. The Kier molecular flexibility index (Phi) is 27.1. The lowest BCUT2D eigenvalue weighted by Crippen LogP contribution is -2.35. The Balaban J connectivity index is 0.000000272. The standard InChI is InChI=1S/C24H38O4.C19H22N2OS.C7H15Cl2N2O2P/c1-5-9-13-19(7-3)17-27-23(25)21-15-11-12-16-22(21)24(26)28-18-20(8-4)14-10-6-2;1-14(22)15-9-10-19-17(13-15)21(12-6-11-20(2)3)16-7-4-5-8-18(16)23-19;8-2-5-11(6-3-9)14(12)10-4-1-7-13-14/h11-12,15-16,19-20H,5-10,13-14,17-18H2,1-4H3;4-5,7-10,13H,6,11-12H2,1-3H3;1-7H2,(H,10,12). The molecule has 0 radical (unpaired) electrons. The molecule has 1 fully saturated rings. The van der Waals surface area contributed by atoms with Gasteiger partial charge in [-0.25, -0.2) is 19.3 Å². The predicted octanol–water partition coefficient (Wildman–Crippen LogP) is 12.8. The third kappa shape index (κ3) is 18.9. The van der Waals surface area contributed by atoms with Crippen molar-refractivity contribution < 1.29 is 32.9 Å². The molecule has 0 aromatic heterocycles. The molecule has 15 heteroatoms. The minimum absolute atomic E-state index is 0.116. The lowest BCUT2D eigenvalue weighted by molar-refractivity contribution is 0.0381. The van der Waals surface area contributed by atoms with Crippen molar-refractivity contribution in [3.05, 3.63) is 83.4 Å². The van der Waals surface area contributed by atoms with Gasteiger partial charge in [0.25, 0.3) is 0 Å². The molecule has 0 amide bonds. The summed E-state index contributed by atoms with van der Waals surface area (Å²) >= 11 is 13.0. The molecule has 3 atom stereocenters. The van der Waals surface area contributed by atoms with Crippen LogP contribution in [-0.2, 0) is 18.6 Å². The van der Waals surface area contributed by atoms with Crippen LogP contribution in [0.5, 0.6) is 0 Å². The molecule has 2 aliphatic rings. The average Bonchev–Trinajstić information content (AvgIpc) is 3.31. The van der Waals surface area contributed by atoms with Gasteiger partial charge in [-0.1, -0.05) is 108 Å². The number of para-hydroxylation sites is 1. The van der Waals surface area contributed by atoms with Crippen molar-refractivity contribution in [2.24, 2.45) is 11.8 Å². The van der Waals surface area contributed by atoms with Crippen molar-refractivity contribution in [1.29, 1.82) is 0 Å².